The molecule has 0 spiro atoms. The van der Waals surface area contributed by atoms with Crippen LogP contribution in [0.1, 0.15) is 36.0 Å². The Hall–Kier alpha value is -1.61. The van der Waals surface area contributed by atoms with Crippen molar-refractivity contribution in [2.75, 3.05) is 20.1 Å². The van der Waals surface area contributed by atoms with Crippen molar-refractivity contribution >= 4 is 16.8 Å². The van der Waals surface area contributed by atoms with Crippen LogP contribution in [0, 0.1) is 0 Å². The molecule has 0 aliphatic carbocycles. The minimum Gasteiger partial charge on any atom is -0.306 e. The molecule has 100 valence electrons. The van der Waals surface area contributed by atoms with Gasteiger partial charge in [0.15, 0.2) is 0 Å². The van der Waals surface area contributed by atoms with Gasteiger partial charge in [0, 0.05) is 18.5 Å². The van der Waals surface area contributed by atoms with Crippen LogP contribution in [0.5, 0.6) is 0 Å². The van der Waals surface area contributed by atoms with Crippen molar-refractivity contribution in [3.05, 3.63) is 36.0 Å². The summed E-state index contributed by atoms with van der Waals surface area (Å²) < 4.78 is 1.79. The van der Waals surface area contributed by atoms with Gasteiger partial charge in [-0.2, -0.15) is 0 Å². The van der Waals surface area contributed by atoms with Crippen molar-refractivity contribution in [1.29, 1.82) is 0 Å². The first-order chi connectivity index (χ1) is 9.16. The van der Waals surface area contributed by atoms with E-state index in [1.54, 1.807) is 11.5 Å². The van der Waals surface area contributed by atoms with Gasteiger partial charge in [0.1, 0.15) is 0 Å². The number of likely N-dealkylation sites (tertiary alicyclic amines) is 1. The van der Waals surface area contributed by atoms with Crippen LogP contribution in [0.25, 0.3) is 10.9 Å². The molecule has 3 rings (SSSR count). The Bertz CT molecular complexity index is 606. The fraction of sp³-hybridized carbons (Fsp3) is 0.438. The molecule has 0 radical (unpaired) electrons. The maximum absolute atomic E-state index is 11.8. The number of hydrogen-bond donors (Lipinski definition) is 0. The molecule has 1 aliphatic rings. The second kappa shape index (κ2) is 4.82. The molecule has 0 atom stereocenters. The van der Waals surface area contributed by atoms with Crippen molar-refractivity contribution in [1.82, 2.24) is 9.47 Å². The van der Waals surface area contributed by atoms with Gasteiger partial charge in [-0.25, -0.2) is 0 Å². The minimum atomic E-state index is 0.0929. The molecule has 1 aromatic heterocycles. The van der Waals surface area contributed by atoms with Gasteiger partial charge in [0.05, 0.1) is 5.52 Å². The number of piperidine rings is 1. The molecule has 19 heavy (non-hydrogen) atoms. The Morgan fingerprint density at radius 2 is 1.89 bits per heavy atom. The van der Waals surface area contributed by atoms with Gasteiger partial charge in [0.25, 0.3) is 0 Å². The Morgan fingerprint density at radius 1 is 1.21 bits per heavy atom. The summed E-state index contributed by atoms with van der Waals surface area (Å²) in [6.45, 7) is 3.92. The lowest BCUT2D eigenvalue weighted by Crippen LogP contribution is -2.29. The van der Waals surface area contributed by atoms with E-state index in [1.165, 1.54) is 23.8 Å². The van der Waals surface area contributed by atoms with E-state index in [4.69, 9.17) is 0 Å². The standard InChI is InChI=1S/C16H20N2O/c1-12(19)18-11-15(13-7-9-17(2)10-8-13)14-5-3-4-6-16(14)18/h3-6,11,13H,7-10H2,1-2H3. The summed E-state index contributed by atoms with van der Waals surface area (Å²) in [7, 11) is 2.18. The first-order valence-electron chi connectivity index (χ1n) is 6.96. The van der Waals surface area contributed by atoms with Crippen molar-refractivity contribution in [2.45, 2.75) is 25.7 Å². The van der Waals surface area contributed by atoms with Gasteiger partial charge >= 0.3 is 0 Å². The molecule has 0 unspecified atom stereocenters. The SMILES string of the molecule is CC(=O)n1cc(C2CCN(C)CC2)c2ccccc21. The number of carbonyl (C=O) groups is 1. The quantitative estimate of drug-likeness (QED) is 0.783. The largest absolute Gasteiger partial charge is 0.306 e. The van der Waals surface area contributed by atoms with E-state index >= 15 is 0 Å². The predicted molar refractivity (Wildman–Crippen MR) is 77.7 cm³/mol. The number of carbonyl (C=O) groups excluding carboxylic acids is 1. The average molecular weight is 256 g/mol. The van der Waals surface area contributed by atoms with Crippen LogP contribution in [-0.4, -0.2) is 35.5 Å². The summed E-state index contributed by atoms with van der Waals surface area (Å²) in [5.41, 5.74) is 2.39. The summed E-state index contributed by atoms with van der Waals surface area (Å²) in [5, 5.41) is 1.24. The molecule has 1 fully saturated rings. The number of aromatic nitrogens is 1. The molecular formula is C16H20N2O. The third-order valence-electron chi connectivity index (χ3n) is 4.24. The molecule has 0 amide bonds. The zero-order valence-electron chi connectivity index (χ0n) is 11.6. The fourth-order valence-electron chi connectivity index (χ4n) is 3.11. The van der Waals surface area contributed by atoms with E-state index in [2.05, 4.69) is 30.3 Å². The van der Waals surface area contributed by atoms with Crippen LogP contribution in [0.4, 0.5) is 0 Å². The molecular weight excluding hydrogens is 236 g/mol. The first-order valence-corrected chi connectivity index (χ1v) is 6.96. The third-order valence-corrected chi connectivity index (χ3v) is 4.24. The molecule has 0 N–H and O–H groups in total. The lowest BCUT2D eigenvalue weighted by atomic mass is 9.89. The smallest absolute Gasteiger partial charge is 0.227 e. The van der Waals surface area contributed by atoms with Gasteiger partial charge in [0.2, 0.25) is 5.91 Å². The summed E-state index contributed by atoms with van der Waals surface area (Å²) >= 11 is 0. The predicted octanol–water partition coefficient (Wildman–Crippen LogP) is 3.11. The second-order valence-corrected chi connectivity index (χ2v) is 5.57. The maximum atomic E-state index is 11.8. The van der Waals surface area contributed by atoms with Crippen LogP contribution >= 0.6 is 0 Å². The monoisotopic (exact) mass is 256 g/mol. The molecule has 3 nitrogen and oxygen atoms in total. The van der Waals surface area contributed by atoms with Gasteiger partial charge in [-0.05, 0) is 50.5 Å². The number of para-hydroxylation sites is 1. The van der Waals surface area contributed by atoms with E-state index in [0.717, 1.165) is 18.6 Å². The Balaban J connectivity index is 2.06. The number of benzene rings is 1. The van der Waals surface area contributed by atoms with Crippen LogP contribution < -0.4 is 0 Å². The van der Waals surface area contributed by atoms with E-state index in [-0.39, 0.29) is 5.91 Å². The molecule has 1 saturated heterocycles. The second-order valence-electron chi connectivity index (χ2n) is 5.57. The lowest BCUT2D eigenvalue weighted by Gasteiger charge is -2.28. The van der Waals surface area contributed by atoms with E-state index in [1.807, 2.05) is 12.1 Å². The molecule has 0 saturated carbocycles. The van der Waals surface area contributed by atoms with Crippen LogP contribution in [0.2, 0.25) is 0 Å². The topological polar surface area (TPSA) is 25.2 Å². The van der Waals surface area contributed by atoms with Crippen LogP contribution in [0.3, 0.4) is 0 Å². The summed E-state index contributed by atoms with van der Waals surface area (Å²) in [4.78, 5) is 14.1. The first kappa shape index (κ1) is 12.4. The van der Waals surface area contributed by atoms with E-state index in [9.17, 15) is 4.79 Å². The van der Waals surface area contributed by atoms with Crippen LogP contribution in [-0.2, 0) is 0 Å². The van der Waals surface area contributed by atoms with E-state index < -0.39 is 0 Å². The van der Waals surface area contributed by atoms with Crippen molar-refractivity contribution in [3.63, 3.8) is 0 Å². The number of nitrogens with zero attached hydrogens (tertiary/aromatic N) is 2. The summed E-state index contributed by atoms with van der Waals surface area (Å²) in [5.74, 6) is 0.678. The van der Waals surface area contributed by atoms with Crippen molar-refractivity contribution in [2.24, 2.45) is 0 Å². The minimum absolute atomic E-state index is 0.0929. The molecule has 1 aromatic carbocycles. The molecule has 1 aliphatic heterocycles. The Kier molecular flexibility index (Phi) is 3.15. The highest BCUT2D eigenvalue weighted by atomic mass is 16.1. The number of hydrogen-bond acceptors (Lipinski definition) is 2. The Labute approximate surface area is 113 Å². The highest BCUT2D eigenvalue weighted by Gasteiger charge is 2.22. The van der Waals surface area contributed by atoms with Crippen molar-refractivity contribution < 1.29 is 4.79 Å². The molecule has 2 heterocycles. The average Bonchev–Trinajstić information content (AvgIpc) is 2.79. The van der Waals surface area contributed by atoms with Gasteiger partial charge in [-0.1, -0.05) is 18.2 Å². The van der Waals surface area contributed by atoms with Gasteiger partial charge < -0.3 is 4.90 Å². The van der Waals surface area contributed by atoms with Gasteiger partial charge in [-0.3, -0.25) is 9.36 Å². The zero-order chi connectivity index (χ0) is 13.4. The highest BCUT2D eigenvalue weighted by molar-refractivity contribution is 5.93. The molecule has 3 heteroatoms. The lowest BCUT2D eigenvalue weighted by molar-refractivity contribution is 0.0941. The summed E-state index contributed by atoms with van der Waals surface area (Å²) in [6.07, 6.45) is 4.42. The van der Waals surface area contributed by atoms with Crippen LogP contribution in [0.15, 0.2) is 30.5 Å². The van der Waals surface area contributed by atoms with Gasteiger partial charge in [-0.15, -0.1) is 0 Å². The van der Waals surface area contributed by atoms with Crippen molar-refractivity contribution in [3.8, 4) is 0 Å². The van der Waals surface area contributed by atoms with E-state index in [0.29, 0.717) is 5.92 Å². The fourth-order valence-corrected chi connectivity index (χ4v) is 3.11. The number of rotatable bonds is 1. The highest BCUT2D eigenvalue weighted by Crippen LogP contribution is 2.34. The maximum Gasteiger partial charge on any atom is 0.227 e. The number of fused-ring (bicyclic) bond motifs is 1. The summed E-state index contributed by atoms with van der Waals surface area (Å²) in [6, 6.07) is 8.24. The normalized spacial score (nSPS) is 18.0. The molecule has 2 aromatic rings. The zero-order valence-corrected chi connectivity index (χ0v) is 11.6. The third kappa shape index (κ3) is 2.19. The molecule has 0 bridgehead atoms. The Morgan fingerprint density at radius 3 is 2.58 bits per heavy atom.